The number of nitrogens with zero attached hydrogens (tertiary/aromatic N) is 2. The molecule has 5 atom stereocenters. The molecule has 3 unspecified atom stereocenters. The number of hydrogen-bond donors (Lipinski definition) is 5. The van der Waals surface area contributed by atoms with Gasteiger partial charge in [-0.25, -0.2) is 9.37 Å². The van der Waals surface area contributed by atoms with Gasteiger partial charge in [0.2, 0.25) is 23.6 Å². The summed E-state index contributed by atoms with van der Waals surface area (Å²) in [6.45, 7) is 9.34. The molecule has 7 N–H and O–H groups in total. The van der Waals surface area contributed by atoms with Crippen LogP contribution in [0.15, 0.2) is 48.0 Å². The number of hydrogen-bond acceptors (Lipinski definition) is 9. The van der Waals surface area contributed by atoms with Gasteiger partial charge in [-0.2, -0.15) is 0 Å². The number of primary amides is 1. The first-order valence-corrected chi connectivity index (χ1v) is 19.0. The van der Waals surface area contributed by atoms with Crippen LogP contribution in [0.4, 0.5) is 4.39 Å². The molecule has 0 saturated carbocycles. The van der Waals surface area contributed by atoms with Gasteiger partial charge < -0.3 is 36.8 Å². The van der Waals surface area contributed by atoms with Gasteiger partial charge in [0.25, 0.3) is 0 Å². The monoisotopic (exact) mass is 752 g/mol. The molecule has 1 aliphatic rings. The molecule has 1 aromatic heterocycles. The number of carbonyl (C=O) groups is 4. The predicted molar refractivity (Wildman–Crippen MR) is 202 cm³/mol. The number of ether oxygens (including phenoxy) is 1. The van der Waals surface area contributed by atoms with E-state index in [2.05, 4.69) is 15.6 Å². The molecule has 288 valence electrons. The van der Waals surface area contributed by atoms with Gasteiger partial charge in [-0.1, -0.05) is 57.2 Å². The van der Waals surface area contributed by atoms with E-state index >= 15 is 4.39 Å². The first kappa shape index (κ1) is 41.4. The van der Waals surface area contributed by atoms with Gasteiger partial charge in [0, 0.05) is 31.8 Å². The van der Waals surface area contributed by atoms with Gasteiger partial charge in [0.15, 0.2) is 11.6 Å². The second-order valence-electron chi connectivity index (χ2n) is 14.9. The largest absolute Gasteiger partial charge is 0.489 e. The van der Waals surface area contributed by atoms with Crippen LogP contribution in [0.5, 0.6) is 5.75 Å². The minimum absolute atomic E-state index is 0.0235. The van der Waals surface area contributed by atoms with Gasteiger partial charge >= 0.3 is 0 Å². The van der Waals surface area contributed by atoms with Crippen LogP contribution in [0.3, 0.4) is 0 Å². The molecule has 14 heteroatoms. The van der Waals surface area contributed by atoms with Crippen LogP contribution in [0.2, 0.25) is 0 Å². The number of amides is 4. The molecule has 0 bridgehead atoms. The normalized spacial score (nSPS) is 17.5. The molecule has 0 radical (unpaired) electrons. The first-order valence-electron chi connectivity index (χ1n) is 18.1. The molecular formula is C39H53FN6O6S. The van der Waals surface area contributed by atoms with Crippen molar-refractivity contribution in [1.29, 1.82) is 0 Å². The number of nitrogens with two attached hydrogens (primary N) is 2. The SMILES string of the molecule is Cc1ncsc1-c1ccc(C(C)NC(=O)[C@@H]2C[C@@H](O)CN2C(=O)C(NC(=O)CCCCc2cccc(OCC(N)CCC(N)=O)c2F)C(C)(C)C)cc1. The number of aliphatic hydroxyl groups is 1. The first-order chi connectivity index (χ1) is 25.0. The zero-order chi connectivity index (χ0) is 38.9. The number of aryl methyl sites for hydroxylation is 2. The van der Waals surface area contributed by atoms with E-state index in [1.807, 2.05) is 64.4 Å². The summed E-state index contributed by atoms with van der Waals surface area (Å²) in [7, 11) is 0. The average Bonchev–Trinajstić information content (AvgIpc) is 3.72. The van der Waals surface area contributed by atoms with E-state index in [1.165, 1.54) is 11.0 Å². The van der Waals surface area contributed by atoms with Crippen molar-refractivity contribution in [3.63, 3.8) is 0 Å². The Bertz CT molecular complexity index is 1730. The number of benzene rings is 2. The number of aromatic nitrogens is 1. The molecule has 4 amide bonds. The van der Waals surface area contributed by atoms with Crippen molar-refractivity contribution in [2.24, 2.45) is 16.9 Å². The van der Waals surface area contributed by atoms with Crippen molar-refractivity contribution in [2.75, 3.05) is 13.2 Å². The molecule has 2 heterocycles. The summed E-state index contributed by atoms with van der Waals surface area (Å²) >= 11 is 1.57. The Balaban J connectivity index is 1.30. The fourth-order valence-corrected chi connectivity index (χ4v) is 7.13. The Morgan fingerprint density at radius 2 is 1.81 bits per heavy atom. The topological polar surface area (TPSA) is 190 Å². The Morgan fingerprint density at radius 3 is 2.45 bits per heavy atom. The average molecular weight is 753 g/mol. The zero-order valence-corrected chi connectivity index (χ0v) is 32.0. The molecule has 2 aromatic carbocycles. The molecule has 0 aliphatic carbocycles. The van der Waals surface area contributed by atoms with Crippen LogP contribution >= 0.6 is 11.3 Å². The van der Waals surface area contributed by atoms with Crippen molar-refractivity contribution in [3.8, 4) is 16.2 Å². The van der Waals surface area contributed by atoms with Crippen LogP contribution in [0.25, 0.3) is 10.4 Å². The van der Waals surface area contributed by atoms with E-state index in [0.717, 1.165) is 21.7 Å². The molecule has 4 rings (SSSR count). The second-order valence-corrected chi connectivity index (χ2v) is 15.7. The highest BCUT2D eigenvalue weighted by Gasteiger charge is 2.44. The van der Waals surface area contributed by atoms with Crippen molar-refractivity contribution in [2.45, 2.75) is 110 Å². The fourth-order valence-electron chi connectivity index (χ4n) is 6.32. The van der Waals surface area contributed by atoms with E-state index in [-0.39, 0.29) is 56.0 Å². The highest BCUT2D eigenvalue weighted by molar-refractivity contribution is 7.13. The number of carbonyl (C=O) groups excluding carboxylic acids is 4. The summed E-state index contributed by atoms with van der Waals surface area (Å²) in [6, 6.07) is 10.1. The van der Waals surface area contributed by atoms with Crippen LogP contribution in [-0.2, 0) is 25.6 Å². The van der Waals surface area contributed by atoms with Crippen LogP contribution in [0, 0.1) is 18.2 Å². The number of aliphatic hydroxyl groups excluding tert-OH is 1. The summed E-state index contributed by atoms with van der Waals surface area (Å²) < 4.78 is 20.6. The molecule has 12 nitrogen and oxygen atoms in total. The van der Waals surface area contributed by atoms with Gasteiger partial charge in [-0.15, -0.1) is 11.3 Å². The lowest BCUT2D eigenvalue weighted by Crippen LogP contribution is -2.57. The third-order valence-corrected chi connectivity index (χ3v) is 10.4. The van der Waals surface area contributed by atoms with Crippen LogP contribution in [-0.4, -0.2) is 76.0 Å². The summed E-state index contributed by atoms with van der Waals surface area (Å²) in [5.41, 5.74) is 15.5. The lowest BCUT2D eigenvalue weighted by Gasteiger charge is -2.35. The standard InChI is InChI=1S/C39H53FN6O6S/c1-23(25-13-15-27(16-14-25)35-24(2)43-22-53-35)44-37(50)30-19-29(47)20-46(30)38(51)36(39(3,4)5)45-33(49)12-7-6-9-26-10-8-11-31(34(26)40)52-21-28(41)17-18-32(42)48/h8,10-11,13-16,22-23,28-30,36,47H,6-7,9,12,17-21,41H2,1-5H3,(H2,42,48)(H,44,50)(H,45,49)/t23?,28?,29-,30+,36?/m1/s1. The van der Waals surface area contributed by atoms with Gasteiger partial charge in [0.1, 0.15) is 18.7 Å². The number of halogens is 1. The summed E-state index contributed by atoms with van der Waals surface area (Å²) in [4.78, 5) is 58.5. The number of nitrogens with one attached hydrogen (secondary N) is 2. The second kappa shape index (κ2) is 18.6. The Morgan fingerprint density at radius 1 is 1.09 bits per heavy atom. The summed E-state index contributed by atoms with van der Waals surface area (Å²) in [5.74, 6) is -2.06. The van der Waals surface area contributed by atoms with E-state index < -0.39 is 47.3 Å². The maximum absolute atomic E-state index is 15.1. The lowest BCUT2D eigenvalue weighted by atomic mass is 9.85. The third kappa shape index (κ3) is 11.5. The molecule has 1 aliphatic heterocycles. The van der Waals surface area contributed by atoms with Gasteiger partial charge in [-0.05, 0) is 67.7 Å². The van der Waals surface area contributed by atoms with Crippen molar-refractivity contribution in [1.82, 2.24) is 20.5 Å². The minimum atomic E-state index is -0.948. The molecular weight excluding hydrogens is 700 g/mol. The van der Waals surface area contributed by atoms with Crippen molar-refractivity contribution >= 4 is 35.0 Å². The van der Waals surface area contributed by atoms with E-state index in [0.29, 0.717) is 31.2 Å². The number of thiazole rings is 1. The molecule has 3 aromatic rings. The quantitative estimate of drug-likeness (QED) is 0.126. The van der Waals surface area contributed by atoms with Gasteiger partial charge in [-0.3, -0.25) is 19.2 Å². The van der Waals surface area contributed by atoms with Crippen molar-refractivity contribution in [3.05, 3.63) is 70.6 Å². The summed E-state index contributed by atoms with van der Waals surface area (Å²) in [6.07, 6.45) is 1.08. The molecule has 53 heavy (non-hydrogen) atoms. The van der Waals surface area contributed by atoms with E-state index in [4.69, 9.17) is 16.2 Å². The van der Waals surface area contributed by atoms with Gasteiger partial charge in [0.05, 0.1) is 28.2 Å². The molecule has 1 fully saturated rings. The highest BCUT2D eigenvalue weighted by atomic mass is 32.1. The predicted octanol–water partition coefficient (Wildman–Crippen LogP) is 4.31. The number of β-amino-alcohol motifs (C(OH)–C–C–N with tert-alkyl or cyclic N) is 1. The maximum Gasteiger partial charge on any atom is 0.246 e. The number of unbranched alkanes of at least 4 members (excludes halogenated alkanes) is 1. The Kier molecular flexibility index (Phi) is 14.5. The lowest BCUT2D eigenvalue weighted by molar-refractivity contribution is -0.144. The Labute approximate surface area is 314 Å². The third-order valence-electron chi connectivity index (χ3n) is 9.42. The van der Waals surface area contributed by atoms with E-state index in [1.54, 1.807) is 23.5 Å². The highest BCUT2D eigenvalue weighted by Crippen LogP contribution is 2.30. The van der Waals surface area contributed by atoms with Crippen LogP contribution in [0.1, 0.15) is 89.1 Å². The Hall–Kier alpha value is -4.40. The summed E-state index contributed by atoms with van der Waals surface area (Å²) in [5, 5.41) is 16.5. The maximum atomic E-state index is 15.1. The van der Waals surface area contributed by atoms with Crippen LogP contribution < -0.4 is 26.8 Å². The molecule has 0 spiro atoms. The molecule has 1 saturated heterocycles. The smallest absolute Gasteiger partial charge is 0.246 e. The number of rotatable bonds is 17. The zero-order valence-electron chi connectivity index (χ0n) is 31.2. The fraction of sp³-hybridized carbons (Fsp3) is 0.513. The number of likely N-dealkylation sites (tertiary alicyclic amines) is 1. The van der Waals surface area contributed by atoms with Crippen molar-refractivity contribution < 1.29 is 33.4 Å². The van der Waals surface area contributed by atoms with E-state index in [9.17, 15) is 24.3 Å². The minimum Gasteiger partial charge on any atom is -0.489 e.